The number of fused-ring (bicyclic) bond motifs is 1. The van der Waals surface area contributed by atoms with Crippen LogP contribution in [0.3, 0.4) is 0 Å². The number of carbonyl (C=O) groups excluding carboxylic acids is 2. The molecule has 2 amide bonds. The first-order valence-electron chi connectivity index (χ1n) is 25.6. The number of hydrogen-bond acceptors (Lipinski definition) is 19. The maximum absolute atomic E-state index is 14.8. The van der Waals surface area contributed by atoms with E-state index in [-0.39, 0.29) is 49.1 Å². The van der Waals surface area contributed by atoms with Crippen molar-refractivity contribution in [2.24, 2.45) is 17.4 Å². The molecule has 6 heterocycles. The lowest BCUT2D eigenvalue weighted by Crippen LogP contribution is -2.52. The van der Waals surface area contributed by atoms with Gasteiger partial charge in [-0.15, -0.1) is 29.0 Å². The van der Waals surface area contributed by atoms with Gasteiger partial charge in [0.05, 0.1) is 69.8 Å². The van der Waals surface area contributed by atoms with Crippen LogP contribution in [-0.4, -0.2) is 187 Å². The smallest absolute Gasteiger partial charge is 0.248 e. The predicted molar refractivity (Wildman–Crippen MR) is 287 cm³/mol. The second-order valence-corrected chi connectivity index (χ2v) is 18.7. The summed E-state index contributed by atoms with van der Waals surface area (Å²) in [6.45, 7) is 9.79. The molecule has 2 aromatic carbocycles. The number of rotatable bonds is 26. The van der Waals surface area contributed by atoms with Gasteiger partial charge in [-0.25, -0.2) is 9.36 Å². The van der Waals surface area contributed by atoms with Crippen molar-refractivity contribution in [2.75, 3.05) is 120 Å². The average Bonchev–Trinajstić information content (AvgIpc) is 4.23. The Kier molecular flexibility index (Phi) is 20.7. The third-order valence-electron chi connectivity index (χ3n) is 13.5. The molecule has 0 saturated carbocycles. The standard InChI is InChI=1S/C51H69N17O7.ClH/c1-4-23-73-25-27-75-28-26-74-24-14-54-49-56-50(58-51(57-49)66-21-17-64(18-22-66)48(72)46(35(3)5-2)68-33-44(60-62-68)41(53)34-69)65-19-15-63(16-20-65)47(71)45(31-38-30-37-8-6-7-9-42(37)55-38)67-32-43(59-61-67)40(52)29-36-10-12-39(70)13-11-36;/h1,6-13,30,32-33,35,40-41,45-46,55,69-70H,5,14-29,31,34,52-53H2,2-3H3,(H,54,56,57,58);1H/t35-,40-,41-,45-,46-;/m0./s1. The Morgan fingerprint density at radius 3 is 2.00 bits per heavy atom. The predicted octanol–water partition coefficient (Wildman–Crippen LogP) is 2.06. The Morgan fingerprint density at radius 1 is 0.776 bits per heavy atom. The number of aromatic nitrogens is 10. The average molecular weight is 1070 g/mol. The van der Waals surface area contributed by atoms with Crippen LogP contribution in [0.5, 0.6) is 5.75 Å². The Balaban J connectivity index is 0.00000840. The topological polar surface area (TPSA) is 295 Å². The van der Waals surface area contributed by atoms with Crippen LogP contribution in [-0.2, 0) is 36.6 Å². The molecule has 76 heavy (non-hydrogen) atoms. The van der Waals surface area contributed by atoms with Crippen LogP contribution < -0.4 is 26.6 Å². The monoisotopic (exact) mass is 1070 g/mol. The molecule has 2 aliphatic heterocycles. The summed E-state index contributed by atoms with van der Waals surface area (Å²) in [6, 6.07) is 14.4. The first kappa shape index (κ1) is 56.7. The number of H-pyrrole nitrogens is 1. The van der Waals surface area contributed by atoms with Crippen molar-refractivity contribution < 1.29 is 34.0 Å². The van der Waals surface area contributed by atoms with E-state index in [1.54, 1.807) is 33.9 Å². The molecule has 8 rings (SSSR count). The second kappa shape index (κ2) is 27.7. The first-order valence-corrected chi connectivity index (χ1v) is 25.6. The number of benzene rings is 2. The minimum atomic E-state index is -0.725. The number of terminal acetylenes is 1. The molecular weight excluding hydrogens is 998 g/mol. The number of aliphatic hydroxyl groups excluding tert-OH is 1. The molecular formula is C51H70ClN17O7. The fourth-order valence-electron chi connectivity index (χ4n) is 9.05. The van der Waals surface area contributed by atoms with E-state index in [2.05, 4.69) is 47.8 Å². The van der Waals surface area contributed by atoms with Gasteiger partial charge in [-0.2, -0.15) is 15.0 Å². The van der Waals surface area contributed by atoms with Crippen molar-refractivity contribution in [2.45, 2.75) is 57.3 Å². The van der Waals surface area contributed by atoms with E-state index in [1.807, 2.05) is 64.9 Å². The normalized spacial score (nSPS) is 15.9. The molecule has 408 valence electrons. The van der Waals surface area contributed by atoms with E-state index in [0.29, 0.717) is 134 Å². The van der Waals surface area contributed by atoms with Gasteiger partial charge in [0.25, 0.3) is 0 Å². The molecule has 4 aromatic heterocycles. The van der Waals surface area contributed by atoms with Crippen molar-refractivity contribution in [1.82, 2.24) is 59.7 Å². The number of phenols is 1. The summed E-state index contributed by atoms with van der Waals surface area (Å²) in [4.78, 5) is 54.9. The molecule has 8 N–H and O–H groups in total. The number of nitrogens with one attached hydrogen (secondary N) is 2. The number of para-hydroxylation sites is 1. The highest BCUT2D eigenvalue weighted by atomic mass is 35.5. The fraction of sp³-hybridized carbons (Fsp3) is 0.510. The number of hydrogen-bond donors (Lipinski definition) is 6. The van der Waals surface area contributed by atoms with E-state index in [0.717, 1.165) is 28.6 Å². The minimum absolute atomic E-state index is 0. The van der Waals surface area contributed by atoms with Gasteiger partial charge < -0.3 is 65.8 Å². The second-order valence-electron chi connectivity index (χ2n) is 18.7. The maximum atomic E-state index is 14.8. The van der Waals surface area contributed by atoms with Crippen molar-refractivity contribution in [3.8, 4) is 18.1 Å². The molecule has 25 heteroatoms. The van der Waals surface area contributed by atoms with Crippen molar-refractivity contribution in [3.05, 3.63) is 89.6 Å². The summed E-state index contributed by atoms with van der Waals surface area (Å²) in [6.07, 6.45) is 10.2. The van der Waals surface area contributed by atoms with Gasteiger partial charge in [-0.05, 0) is 47.6 Å². The van der Waals surface area contributed by atoms with Gasteiger partial charge in [-0.3, -0.25) is 9.59 Å². The van der Waals surface area contributed by atoms with Gasteiger partial charge in [-0.1, -0.05) is 66.9 Å². The van der Waals surface area contributed by atoms with Crippen LogP contribution in [0.25, 0.3) is 10.9 Å². The van der Waals surface area contributed by atoms with E-state index in [4.69, 9.17) is 47.1 Å². The van der Waals surface area contributed by atoms with Crippen molar-refractivity contribution in [1.29, 1.82) is 0 Å². The number of aromatic amines is 1. The lowest BCUT2D eigenvalue weighted by atomic mass is 9.97. The molecule has 6 aromatic rings. The summed E-state index contributed by atoms with van der Waals surface area (Å²) >= 11 is 0. The third kappa shape index (κ3) is 14.7. The summed E-state index contributed by atoms with van der Waals surface area (Å²) in [7, 11) is 0. The Hall–Kier alpha value is -6.98. The zero-order valence-electron chi connectivity index (χ0n) is 43.1. The number of nitrogens with two attached hydrogens (primary N) is 2. The lowest BCUT2D eigenvalue weighted by Gasteiger charge is -2.38. The number of ether oxygens (including phenoxy) is 3. The fourth-order valence-corrected chi connectivity index (χ4v) is 9.05. The summed E-state index contributed by atoms with van der Waals surface area (Å²) < 4.78 is 19.8. The molecule has 0 radical (unpaired) electrons. The highest BCUT2D eigenvalue weighted by molar-refractivity contribution is 5.85. The molecule has 0 bridgehead atoms. The van der Waals surface area contributed by atoms with Crippen molar-refractivity contribution >= 4 is 53.0 Å². The quantitative estimate of drug-likeness (QED) is 0.0335. The van der Waals surface area contributed by atoms with E-state index < -0.39 is 24.2 Å². The van der Waals surface area contributed by atoms with Crippen LogP contribution in [0, 0.1) is 18.3 Å². The number of nitrogens with zero attached hydrogens (tertiary/aromatic N) is 13. The number of aromatic hydroxyl groups is 1. The number of carbonyl (C=O) groups is 2. The SMILES string of the molecule is C#CCOCCOCCOCCNc1nc(N2CCN(C(=O)[C@H]([C@@H](C)CC)n3cc([C@@H](N)CO)nn3)CC2)nc(N2CCN(C(=O)[C@H](Cc3cc4ccccc4[nH]3)n3cc([C@@H](N)Cc4ccc(O)cc4)nn3)CC2)n1.Cl. The van der Waals surface area contributed by atoms with Crippen LogP contribution >= 0.6 is 12.4 Å². The summed E-state index contributed by atoms with van der Waals surface area (Å²) in [5, 5.41) is 41.0. The zero-order chi connectivity index (χ0) is 52.7. The molecule has 0 aliphatic carbocycles. The molecule has 24 nitrogen and oxygen atoms in total. The maximum Gasteiger partial charge on any atom is 0.248 e. The first-order chi connectivity index (χ1) is 36.5. The van der Waals surface area contributed by atoms with E-state index >= 15 is 0 Å². The lowest BCUT2D eigenvalue weighted by molar-refractivity contribution is -0.137. The van der Waals surface area contributed by atoms with Gasteiger partial charge in [0.1, 0.15) is 30.1 Å². The number of halogens is 1. The molecule has 2 saturated heterocycles. The molecule has 0 unspecified atom stereocenters. The number of phenolic OH excluding ortho intramolecular Hbond substituents is 1. The van der Waals surface area contributed by atoms with Crippen molar-refractivity contribution in [3.63, 3.8) is 0 Å². The minimum Gasteiger partial charge on any atom is -0.508 e. The van der Waals surface area contributed by atoms with Gasteiger partial charge >= 0.3 is 0 Å². The van der Waals surface area contributed by atoms with Crippen LogP contribution in [0.1, 0.15) is 67.1 Å². The van der Waals surface area contributed by atoms with Gasteiger partial charge in [0.2, 0.25) is 29.7 Å². The number of aliphatic hydroxyl groups is 1. The molecule has 5 atom stereocenters. The largest absolute Gasteiger partial charge is 0.508 e. The third-order valence-corrected chi connectivity index (χ3v) is 13.5. The van der Waals surface area contributed by atoms with E-state index in [9.17, 15) is 19.8 Å². The van der Waals surface area contributed by atoms with E-state index in [1.165, 1.54) is 0 Å². The van der Waals surface area contributed by atoms with Crippen LogP contribution in [0.4, 0.5) is 17.8 Å². The Morgan fingerprint density at radius 2 is 1.37 bits per heavy atom. The Bertz CT molecular complexity index is 2770. The zero-order valence-corrected chi connectivity index (χ0v) is 43.9. The summed E-state index contributed by atoms with van der Waals surface area (Å²) in [5.41, 5.74) is 16.4. The summed E-state index contributed by atoms with van der Waals surface area (Å²) in [5.74, 6) is 3.63. The van der Waals surface area contributed by atoms with Gasteiger partial charge in [0, 0.05) is 76.5 Å². The Labute approximate surface area is 447 Å². The highest BCUT2D eigenvalue weighted by Gasteiger charge is 2.35. The van der Waals surface area contributed by atoms with Crippen LogP contribution in [0.15, 0.2) is 67.0 Å². The number of amides is 2. The highest BCUT2D eigenvalue weighted by Crippen LogP contribution is 2.28. The molecule has 2 aliphatic rings. The molecule has 0 spiro atoms. The molecule has 2 fully saturated rings. The number of anilines is 3. The van der Waals surface area contributed by atoms with Crippen LogP contribution in [0.2, 0.25) is 0 Å². The van der Waals surface area contributed by atoms with Gasteiger partial charge in [0.15, 0.2) is 0 Å². The number of piperazine rings is 2.